The zero-order valence-electron chi connectivity index (χ0n) is 7.70. The summed E-state index contributed by atoms with van der Waals surface area (Å²) in [7, 11) is 0. The van der Waals surface area contributed by atoms with E-state index in [9.17, 15) is 19.8 Å². The summed E-state index contributed by atoms with van der Waals surface area (Å²) in [6, 6.07) is -1.21. The van der Waals surface area contributed by atoms with Gasteiger partial charge in [0, 0.05) is 12.0 Å². The fraction of sp³-hybridized carbons (Fsp3) is 0.600. The van der Waals surface area contributed by atoms with Crippen LogP contribution in [0.1, 0.15) is 12.8 Å². The fourth-order valence-electron chi connectivity index (χ4n) is 0.391. The van der Waals surface area contributed by atoms with Crippen molar-refractivity contribution in [2.45, 2.75) is 18.9 Å². The minimum Gasteiger partial charge on any atom is -0.550 e. The van der Waals surface area contributed by atoms with Gasteiger partial charge in [-0.15, -0.1) is 0 Å². The van der Waals surface area contributed by atoms with E-state index in [4.69, 9.17) is 5.73 Å². The first kappa shape index (κ1) is 23.6. The molecule has 0 amide bonds. The van der Waals surface area contributed by atoms with E-state index in [1.54, 1.807) is 0 Å². The molecule has 0 aromatic rings. The van der Waals surface area contributed by atoms with Crippen LogP contribution in [0, 0.1) is 0 Å². The quantitative estimate of drug-likeness (QED) is 0.458. The van der Waals surface area contributed by atoms with Crippen molar-refractivity contribution in [2.24, 2.45) is 5.73 Å². The summed E-state index contributed by atoms with van der Waals surface area (Å²) in [4.78, 5) is 19.6. The number of aliphatic carboxylic acids is 2. The van der Waals surface area contributed by atoms with Crippen LogP contribution in [0.15, 0.2) is 0 Å². The molecule has 0 rings (SSSR count). The molecule has 0 saturated carbocycles. The first-order chi connectivity index (χ1) is 4.54. The van der Waals surface area contributed by atoms with E-state index in [1.807, 2.05) is 0 Å². The largest absolute Gasteiger partial charge is 1.00 e. The second-order valence-electron chi connectivity index (χ2n) is 1.84. The van der Waals surface area contributed by atoms with Gasteiger partial charge in [-0.05, 0) is 12.8 Å². The van der Waals surface area contributed by atoms with E-state index < -0.39 is 18.0 Å². The summed E-state index contributed by atoms with van der Waals surface area (Å²) in [5, 5.41) is 19.6. The van der Waals surface area contributed by atoms with E-state index >= 15 is 0 Å². The minimum absolute atomic E-state index is 0. The maximum Gasteiger partial charge on any atom is 1.00 e. The molecule has 0 fully saturated rings. The number of carboxylic acid groups (broad SMARTS) is 2. The molecule has 0 saturated heterocycles. The Balaban J connectivity index is -0.000000135. The first-order valence-corrected chi connectivity index (χ1v) is 2.70. The summed E-state index contributed by atoms with van der Waals surface area (Å²) in [5.74, 6) is -2.75. The number of hydrogen-bond acceptors (Lipinski definition) is 5. The topological polar surface area (TPSA) is 138 Å². The van der Waals surface area contributed by atoms with E-state index in [1.165, 1.54) is 0 Å². The molecule has 8 heteroatoms. The molecule has 0 heterocycles. The molecule has 66 valence electrons. The molecule has 4 N–H and O–H groups in total. The molecule has 0 aliphatic rings. The van der Waals surface area contributed by atoms with Gasteiger partial charge in [0.25, 0.3) is 0 Å². The van der Waals surface area contributed by atoms with Crippen LogP contribution in [-0.4, -0.2) is 23.5 Å². The average molecular weight is 209 g/mol. The Hall–Kier alpha value is 0.860. The Bertz CT molecular complexity index is 154. The number of hydrogen-bond donors (Lipinski definition) is 1. The van der Waals surface area contributed by atoms with Crippen LogP contribution in [-0.2, 0) is 9.59 Å². The van der Waals surface area contributed by atoms with Gasteiger partial charge in [0.15, 0.2) is 0 Å². The number of nitrogens with two attached hydrogens (primary N) is 1. The average Bonchev–Trinajstić information content (AvgIpc) is 1.82. The van der Waals surface area contributed by atoms with Crippen molar-refractivity contribution in [3.8, 4) is 0 Å². The van der Waals surface area contributed by atoms with Crippen molar-refractivity contribution in [1.82, 2.24) is 0 Å². The molecule has 6 nitrogen and oxygen atoms in total. The van der Waals surface area contributed by atoms with Crippen molar-refractivity contribution in [3.63, 3.8) is 0 Å². The van der Waals surface area contributed by atoms with Crippen molar-refractivity contribution < 1.29 is 84.4 Å². The predicted octanol–water partition coefficient (Wildman–Crippen LogP) is -10.2. The smallest absolute Gasteiger partial charge is 0.550 e. The van der Waals surface area contributed by atoms with Gasteiger partial charge in [0.2, 0.25) is 0 Å². The van der Waals surface area contributed by atoms with Crippen LogP contribution in [0.3, 0.4) is 0 Å². The maximum absolute atomic E-state index is 9.86. The van der Waals surface area contributed by atoms with Crippen LogP contribution >= 0.6 is 0 Å². The SMILES string of the molecule is NC(CCC(=O)[O-])C(=O)[O-].O.[Na+].[Na+]. The zero-order chi connectivity index (χ0) is 8.15. The van der Waals surface area contributed by atoms with Gasteiger partial charge in [-0.25, -0.2) is 0 Å². The van der Waals surface area contributed by atoms with Gasteiger partial charge < -0.3 is 31.0 Å². The molecule has 0 radical (unpaired) electrons. The zero-order valence-corrected chi connectivity index (χ0v) is 11.7. The van der Waals surface area contributed by atoms with E-state index in [0.29, 0.717) is 0 Å². The number of rotatable bonds is 4. The number of carbonyl (C=O) groups excluding carboxylic acids is 2. The molecule has 0 spiro atoms. The minimum atomic E-state index is -1.44. The van der Waals surface area contributed by atoms with Gasteiger partial charge in [-0.3, -0.25) is 0 Å². The third-order valence-corrected chi connectivity index (χ3v) is 0.962. The number of carboxylic acids is 2. The van der Waals surface area contributed by atoms with Crippen LogP contribution in [0.2, 0.25) is 0 Å². The molecule has 0 aromatic heterocycles. The van der Waals surface area contributed by atoms with Crippen LogP contribution < -0.4 is 75.1 Å². The monoisotopic (exact) mass is 209 g/mol. The molecule has 0 aliphatic carbocycles. The van der Waals surface area contributed by atoms with Crippen LogP contribution in [0.5, 0.6) is 0 Å². The van der Waals surface area contributed by atoms with Crippen molar-refractivity contribution in [2.75, 3.05) is 0 Å². The maximum atomic E-state index is 9.86. The summed E-state index contributed by atoms with van der Waals surface area (Å²) >= 11 is 0. The molecule has 0 bridgehead atoms. The Kier molecular flexibility index (Phi) is 23.3. The van der Waals surface area contributed by atoms with Gasteiger partial charge >= 0.3 is 59.1 Å². The molecule has 13 heavy (non-hydrogen) atoms. The van der Waals surface area contributed by atoms with Crippen LogP contribution in [0.4, 0.5) is 0 Å². The molecular formula is C5H9NNa2O5. The Labute approximate surface area is 120 Å². The Morgan fingerprint density at radius 1 is 1.23 bits per heavy atom. The molecule has 0 aliphatic heterocycles. The molecule has 1 atom stereocenters. The second kappa shape index (κ2) is 12.9. The van der Waals surface area contributed by atoms with E-state index in [-0.39, 0.29) is 77.4 Å². The molecule has 1 unspecified atom stereocenters. The summed E-state index contributed by atoms with van der Waals surface area (Å²) in [5.41, 5.74) is 4.91. The van der Waals surface area contributed by atoms with Crippen molar-refractivity contribution >= 4 is 11.9 Å². The summed E-state index contributed by atoms with van der Waals surface area (Å²) in [6.07, 6.45) is -0.500. The predicted molar refractivity (Wildman–Crippen MR) is 30.8 cm³/mol. The Morgan fingerprint density at radius 3 is 1.85 bits per heavy atom. The Morgan fingerprint density at radius 2 is 1.62 bits per heavy atom. The fourth-order valence-corrected chi connectivity index (χ4v) is 0.391. The third-order valence-electron chi connectivity index (χ3n) is 0.962. The van der Waals surface area contributed by atoms with Crippen molar-refractivity contribution in [3.05, 3.63) is 0 Å². The number of carbonyl (C=O) groups is 2. The summed E-state index contributed by atoms with van der Waals surface area (Å²) < 4.78 is 0. The third kappa shape index (κ3) is 15.6. The standard InChI is InChI=1S/C5H9NO4.2Na.H2O/c6-3(5(9)10)1-2-4(7)8;;;/h3H,1-2,6H2,(H,7,8)(H,9,10);;;1H2/q;2*+1;/p-2. The summed E-state index contributed by atoms with van der Waals surface area (Å²) in [6.45, 7) is 0. The first-order valence-electron chi connectivity index (χ1n) is 2.70. The van der Waals surface area contributed by atoms with Gasteiger partial charge in [0.1, 0.15) is 0 Å². The van der Waals surface area contributed by atoms with E-state index in [2.05, 4.69) is 0 Å². The second-order valence-corrected chi connectivity index (χ2v) is 1.84. The van der Waals surface area contributed by atoms with Gasteiger partial charge in [0.05, 0.1) is 5.97 Å². The van der Waals surface area contributed by atoms with Gasteiger partial charge in [-0.2, -0.15) is 0 Å². The molecular weight excluding hydrogens is 200 g/mol. The van der Waals surface area contributed by atoms with E-state index in [0.717, 1.165) is 0 Å². The van der Waals surface area contributed by atoms with Crippen LogP contribution in [0.25, 0.3) is 0 Å². The molecule has 0 aromatic carbocycles. The van der Waals surface area contributed by atoms with Gasteiger partial charge in [-0.1, -0.05) is 0 Å². The van der Waals surface area contributed by atoms with Crippen molar-refractivity contribution in [1.29, 1.82) is 0 Å². The normalized spacial score (nSPS) is 9.62.